The van der Waals surface area contributed by atoms with E-state index in [4.69, 9.17) is 15.2 Å². The minimum atomic E-state index is -0.412. The fraction of sp³-hybridized carbons (Fsp3) is 0.286. The molecule has 0 atom stereocenters. The van der Waals surface area contributed by atoms with E-state index < -0.39 is 5.69 Å². The van der Waals surface area contributed by atoms with Crippen LogP contribution in [0.5, 0.6) is 0 Å². The zero-order valence-electron chi connectivity index (χ0n) is 12.6. The average molecular weight is 322 g/mol. The standard InChI is InChI=1S/C7H7NO2.C4H5N3O.C3H6O2/c1-10-7(9)6-3-2-4-8-5-6;5-3-1-2-6-4(8)7-3;1-2-5-3-4-1/h2-5H,1H3;1-2H,(H3,5,6,7,8);1-3H2. The Kier molecular flexibility index (Phi) is 8.64. The third kappa shape index (κ3) is 8.29. The van der Waals surface area contributed by atoms with Gasteiger partial charge in [-0.3, -0.25) is 9.97 Å². The number of pyridine rings is 1. The molecule has 0 aliphatic carbocycles. The van der Waals surface area contributed by atoms with Crippen molar-refractivity contribution in [2.24, 2.45) is 0 Å². The number of nitrogens with zero attached hydrogens (tertiary/aromatic N) is 2. The van der Waals surface area contributed by atoms with Crippen LogP contribution in [-0.4, -0.2) is 48.0 Å². The number of H-pyrrole nitrogens is 1. The Morgan fingerprint density at radius 3 is 2.43 bits per heavy atom. The monoisotopic (exact) mass is 322 g/mol. The van der Waals surface area contributed by atoms with E-state index in [0.717, 1.165) is 13.2 Å². The smallest absolute Gasteiger partial charge is 0.346 e. The number of aromatic nitrogens is 3. The van der Waals surface area contributed by atoms with Gasteiger partial charge in [0.05, 0.1) is 25.9 Å². The first-order valence-electron chi connectivity index (χ1n) is 6.58. The molecule has 0 radical (unpaired) electrons. The van der Waals surface area contributed by atoms with E-state index in [9.17, 15) is 9.59 Å². The van der Waals surface area contributed by atoms with Gasteiger partial charge in [0.1, 0.15) is 12.6 Å². The van der Waals surface area contributed by atoms with Crippen molar-refractivity contribution in [1.29, 1.82) is 0 Å². The Bertz CT molecular complexity index is 621. The highest BCUT2D eigenvalue weighted by Gasteiger charge is 2.01. The van der Waals surface area contributed by atoms with Crippen molar-refractivity contribution in [3.63, 3.8) is 0 Å². The van der Waals surface area contributed by atoms with Crippen LogP contribution in [-0.2, 0) is 14.2 Å². The molecule has 9 heteroatoms. The summed E-state index contributed by atoms with van der Waals surface area (Å²) in [6.45, 7) is 2.06. The van der Waals surface area contributed by atoms with E-state index in [0.29, 0.717) is 18.2 Å². The lowest BCUT2D eigenvalue weighted by Gasteiger charge is -1.94. The van der Waals surface area contributed by atoms with Gasteiger partial charge in [-0.05, 0) is 18.2 Å². The number of ether oxygens (including phenoxy) is 3. The lowest BCUT2D eigenvalue weighted by atomic mass is 10.3. The summed E-state index contributed by atoms with van der Waals surface area (Å²) in [6, 6.07) is 4.85. The van der Waals surface area contributed by atoms with Crippen LogP contribution in [0.4, 0.5) is 5.82 Å². The fourth-order valence-corrected chi connectivity index (χ4v) is 1.28. The van der Waals surface area contributed by atoms with Crippen molar-refractivity contribution in [3.05, 3.63) is 52.8 Å². The van der Waals surface area contributed by atoms with Gasteiger partial charge in [-0.1, -0.05) is 0 Å². The van der Waals surface area contributed by atoms with Gasteiger partial charge in [-0.15, -0.1) is 0 Å². The van der Waals surface area contributed by atoms with Crippen molar-refractivity contribution in [2.45, 2.75) is 0 Å². The maximum Gasteiger partial charge on any atom is 0.346 e. The minimum absolute atomic E-state index is 0.338. The topological polar surface area (TPSA) is 129 Å². The highest BCUT2D eigenvalue weighted by atomic mass is 16.7. The molecule has 0 amide bonds. The molecule has 3 N–H and O–H groups in total. The Balaban J connectivity index is 0.000000182. The second-order valence-electron chi connectivity index (χ2n) is 4.00. The van der Waals surface area contributed by atoms with E-state index in [2.05, 4.69) is 19.7 Å². The van der Waals surface area contributed by atoms with Crippen LogP contribution in [0.15, 0.2) is 41.6 Å². The number of nitrogen functional groups attached to an aromatic ring is 1. The SMILES string of the molecule is C1COCO1.COC(=O)c1cccnc1.Nc1ccnc(=O)[nH]1. The van der Waals surface area contributed by atoms with Gasteiger partial charge in [0.25, 0.3) is 0 Å². The predicted molar refractivity (Wildman–Crippen MR) is 81.6 cm³/mol. The zero-order valence-corrected chi connectivity index (χ0v) is 12.6. The lowest BCUT2D eigenvalue weighted by molar-refractivity contribution is 0.0600. The average Bonchev–Trinajstić information content (AvgIpc) is 3.15. The van der Waals surface area contributed by atoms with E-state index in [1.54, 1.807) is 18.3 Å². The fourth-order valence-electron chi connectivity index (χ4n) is 1.28. The molecule has 9 nitrogen and oxygen atoms in total. The summed E-state index contributed by atoms with van der Waals surface area (Å²) in [4.78, 5) is 30.4. The Hall–Kier alpha value is -2.78. The first kappa shape index (κ1) is 18.3. The molecule has 1 aliphatic heterocycles. The molecule has 124 valence electrons. The van der Waals surface area contributed by atoms with Crippen LogP contribution < -0.4 is 11.4 Å². The van der Waals surface area contributed by atoms with Gasteiger partial charge in [0, 0.05) is 18.6 Å². The minimum Gasteiger partial charge on any atom is -0.465 e. The first-order chi connectivity index (χ1) is 11.1. The van der Waals surface area contributed by atoms with Gasteiger partial charge in [-0.25, -0.2) is 14.6 Å². The van der Waals surface area contributed by atoms with Gasteiger partial charge in [0.2, 0.25) is 0 Å². The summed E-state index contributed by atoms with van der Waals surface area (Å²) < 4.78 is 13.9. The number of rotatable bonds is 1. The molecule has 2 aromatic heterocycles. The van der Waals surface area contributed by atoms with Gasteiger partial charge in [-0.2, -0.15) is 0 Å². The number of hydrogen-bond acceptors (Lipinski definition) is 8. The Morgan fingerprint density at radius 2 is 2.04 bits per heavy atom. The van der Waals surface area contributed by atoms with Crippen molar-refractivity contribution in [3.8, 4) is 0 Å². The molecular weight excluding hydrogens is 304 g/mol. The number of carbonyl (C=O) groups excluding carboxylic acids is 1. The maximum atomic E-state index is 10.8. The highest BCUT2D eigenvalue weighted by molar-refractivity contribution is 5.88. The molecule has 0 spiro atoms. The molecule has 0 bridgehead atoms. The molecule has 3 heterocycles. The summed E-state index contributed by atoms with van der Waals surface area (Å²) in [5.41, 5.74) is 5.23. The van der Waals surface area contributed by atoms with Crippen molar-refractivity contribution in [2.75, 3.05) is 32.9 Å². The number of nitrogens with one attached hydrogen (secondary N) is 1. The summed E-state index contributed by atoms with van der Waals surface area (Å²) in [5, 5.41) is 0. The molecule has 23 heavy (non-hydrogen) atoms. The van der Waals surface area contributed by atoms with Gasteiger partial charge in [0.15, 0.2) is 0 Å². The third-order valence-electron chi connectivity index (χ3n) is 2.32. The number of carbonyl (C=O) groups is 1. The second kappa shape index (κ2) is 10.9. The van der Waals surface area contributed by atoms with Crippen LogP contribution in [0, 0.1) is 0 Å². The van der Waals surface area contributed by atoms with Crippen LogP contribution in [0.3, 0.4) is 0 Å². The molecule has 2 aromatic rings. The number of hydrogen-bond donors (Lipinski definition) is 2. The molecule has 1 fully saturated rings. The Labute approximate surface area is 132 Å². The van der Waals surface area contributed by atoms with E-state index in [1.165, 1.54) is 25.6 Å². The summed E-state index contributed by atoms with van der Waals surface area (Å²) >= 11 is 0. The quantitative estimate of drug-likeness (QED) is 0.713. The molecule has 3 rings (SSSR count). The van der Waals surface area contributed by atoms with Gasteiger partial charge >= 0.3 is 11.7 Å². The Morgan fingerprint density at radius 1 is 1.30 bits per heavy atom. The van der Waals surface area contributed by atoms with Crippen molar-refractivity contribution >= 4 is 11.8 Å². The third-order valence-corrected chi connectivity index (χ3v) is 2.32. The molecule has 0 saturated carbocycles. The summed E-state index contributed by atoms with van der Waals surface area (Å²) in [5.74, 6) is -0.0156. The number of methoxy groups -OCH3 is 1. The van der Waals surface area contributed by atoms with Crippen LogP contribution in [0.25, 0.3) is 0 Å². The normalized spacial score (nSPS) is 12.2. The molecule has 1 saturated heterocycles. The van der Waals surface area contributed by atoms with E-state index in [-0.39, 0.29) is 5.97 Å². The summed E-state index contributed by atoms with van der Waals surface area (Å²) in [7, 11) is 1.34. The van der Waals surface area contributed by atoms with Crippen LogP contribution >= 0.6 is 0 Å². The largest absolute Gasteiger partial charge is 0.465 e. The molecule has 0 aromatic carbocycles. The van der Waals surface area contributed by atoms with Crippen LogP contribution in [0.2, 0.25) is 0 Å². The molecule has 1 aliphatic rings. The van der Waals surface area contributed by atoms with Crippen molar-refractivity contribution < 1.29 is 19.0 Å². The first-order valence-corrected chi connectivity index (χ1v) is 6.58. The van der Waals surface area contributed by atoms with E-state index >= 15 is 0 Å². The lowest BCUT2D eigenvalue weighted by Crippen LogP contribution is -2.10. The number of esters is 1. The zero-order chi connectivity index (χ0) is 16.9. The molecular formula is C14H18N4O5. The summed E-state index contributed by atoms with van der Waals surface area (Å²) in [6.07, 6.45) is 4.42. The number of anilines is 1. The van der Waals surface area contributed by atoms with Crippen LogP contribution in [0.1, 0.15) is 10.4 Å². The van der Waals surface area contributed by atoms with Gasteiger partial charge < -0.3 is 19.9 Å². The number of nitrogens with two attached hydrogens (primary N) is 1. The number of aromatic amines is 1. The second-order valence-corrected chi connectivity index (χ2v) is 4.00. The highest BCUT2D eigenvalue weighted by Crippen LogP contribution is 1.96. The van der Waals surface area contributed by atoms with E-state index in [1.807, 2.05) is 0 Å². The van der Waals surface area contributed by atoms with Crippen molar-refractivity contribution in [1.82, 2.24) is 15.0 Å². The molecule has 0 unspecified atom stereocenters. The maximum absolute atomic E-state index is 10.8. The predicted octanol–water partition coefficient (Wildman–Crippen LogP) is 0.211.